The zero-order valence-electron chi connectivity index (χ0n) is 19.5. The number of amides is 1. The van der Waals surface area contributed by atoms with E-state index >= 15 is 0 Å². The summed E-state index contributed by atoms with van der Waals surface area (Å²) in [5, 5.41) is 3.93. The Balaban J connectivity index is 1.56. The molecule has 0 unspecified atom stereocenters. The molecule has 0 bridgehead atoms. The van der Waals surface area contributed by atoms with E-state index in [-0.39, 0.29) is 23.9 Å². The Bertz CT molecular complexity index is 1450. The Morgan fingerprint density at radius 1 is 0.750 bits per heavy atom. The molecule has 0 saturated heterocycles. The number of nitrogens with one attached hydrogen (secondary N) is 1. The van der Waals surface area contributed by atoms with Crippen molar-refractivity contribution in [2.24, 2.45) is 0 Å². The standard InChI is InChI=1S/C28H24Cl2N2O3S/c1-20-4-2-3-5-27(20)28(33)31-25-14-8-22(9-15-25)19-32(18-21-6-10-23(29)11-7-21)36(34,35)26-16-12-24(30)13-17-26/h2-17H,18-19H2,1H3,(H,31,33). The van der Waals surface area contributed by atoms with Crippen molar-refractivity contribution in [2.45, 2.75) is 24.9 Å². The fourth-order valence-electron chi connectivity index (χ4n) is 3.70. The first-order valence-electron chi connectivity index (χ1n) is 11.2. The summed E-state index contributed by atoms with van der Waals surface area (Å²) >= 11 is 12.0. The van der Waals surface area contributed by atoms with Crippen LogP contribution in [0.1, 0.15) is 27.0 Å². The van der Waals surface area contributed by atoms with Gasteiger partial charge < -0.3 is 5.32 Å². The molecule has 0 heterocycles. The SMILES string of the molecule is Cc1ccccc1C(=O)Nc1ccc(CN(Cc2ccc(Cl)cc2)S(=O)(=O)c2ccc(Cl)cc2)cc1. The first kappa shape index (κ1) is 25.9. The molecule has 1 amide bonds. The third-order valence-corrected chi connectivity index (χ3v) is 7.99. The Kier molecular flexibility index (Phi) is 8.11. The lowest BCUT2D eigenvalue weighted by Crippen LogP contribution is -2.30. The molecule has 1 N–H and O–H groups in total. The number of carbonyl (C=O) groups excluding carboxylic acids is 1. The van der Waals surface area contributed by atoms with E-state index in [0.717, 1.165) is 16.7 Å². The number of nitrogens with zero attached hydrogens (tertiary/aromatic N) is 1. The van der Waals surface area contributed by atoms with E-state index in [2.05, 4.69) is 5.32 Å². The number of anilines is 1. The lowest BCUT2D eigenvalue weighted by molar-refractivity contribution is 0.102. The summed E-state index contributed by atoms with van der Waals surface area (Å²) in [5.41, 5.74) is 3.69. The number of rotatable bonds is 8. The number of hydrogen-bond donors (Lipinski definition) is 1. The number of carbonyl (C=O) groups is 1. The summed E-state index contributed by atoms with van der Waals surface area (Å²) in [7, 11) is -3.82. The molecular weight excluding hydrogens is 515 g/mol. The average molecular weight is 539 g/mol. The molecule has 0 radical (unpaired) electrons. The van der Waals surface area contributed by atoms with Crippen molar-refractivity contribution >= 4 is 44.8 Å². The molecule has 4 aromatic rings. The van der Waals surface area contributed by atoms with Crippen LogP contribution in [0.5, 0.6) is 0 Å². The number of aryl methyl sites for hydroxylation is 1. The van der Waals surface area contributed by atoms with Crippen molar-refractivity contribution in [3.05, 3.63) is 129 Å². The normalized spacial score (nSPS) is 11.4. The van der Waals surface area contributed by atoms with E-state index in [1.807, 2.05) is 25.1 Å². The summed E-state index contributed by atoms with van der Waals surface area (Å²) in [6.07, 6.45) is 0. The van der Waals surface area contributed by atoms with Crippen LogP contribution >= 0.6 is 23.2 Å². The van der Waals surface area contributed by atoms with Gasteiger partial charge in [0.05, 0.1) is 4.90 Å². The van der Waals surface area contributed by atoms with Crippen molar-refractivity contribution in [1.29, 1.82) is 0 Å². The van der Waals surface area contributed by atoms with Crippen LogP contribution in [0.4, 0.5) is 5.69 Å². The molecule has 0 aliphatic rings. The lowest BCUT2D eigenvalue weighted by Gasteiger charge is -2.23. The molecule has 0 aromatic heterocycles. The third kappa shape index (κ3) is 6.33. The second-order valence-corrected chi connectivity index (χ2v) is 11.1. The predicted octanol–water partition coefficient (Wildman–Crippen LogP) is 6.95. The first-order valence-corrected chi connectivity index (χ1v) is 13.4. The highest BCUT2D eigenvalue weighted by Gasteiger charge is 2.25. The van der Waals surface area contributed by atoms with Gasteiger partial charge in [-0.15, -0.1) is 0 Å². The minimum absolute atomic E-state index is 0.138. The van der Waals surface area contributed by atoms with E-state index in [4.69, 9.17) is 23.2 Å². The fourth-order valence-corrected chi connectivity index (χ4v) is 5.37. The number of hydrogen-bond acceptors (Lipinski definition) is 3. The molecule has 184 valence electrons. The van der Waals surface area contributed by atoms with Crippen LogP contribution in [0.3, 0.4) is 0 Å². The average Bonchev–Trinajstić information content (AvgIpc) is 2.86. The van der Waals surface area contributed by atoms with Gasteiger partial charge in [-0.25, -0.2) is 8.42 Å². The monoisotopic (exact) mass is 538 g/mol. The first-order chi connectivity index (χ1) is 17.2. The molecule has 8 heteroatoms. The van der Waals surface area contributed by atoms with Gasteiger partial charge in [-0.3, -0.25) is 4.79 Å². The molecule has 0 aliphatic carbocycles. The van der Waals surface area contributed by atoms with Gasteiger partial charge in [0.2, 0.25) is 10.0 Å². The molecule has 36 heavy (non-hydrogen) atoms. The van der Waals surface area contributed by atoms with Crippen molar-refractivity contribution in [1.82, 2.24) is 4.31 Å². The Labute approximate surface area is 221 Å². The van der Waals surface area contributed by atoms with E-state index in [1.165, 1.54) is 16.4 Å². The molecule has 0 spiro atoms. The van der Waals surface area contributed by atoms with E-state index in [9.17, 15) is 13.2 Å². The maximum atomic E-state index is 13.5. The van der Waals surface area contributed by atoms with Crippen LogP contribution in [-0.4, -0.2) is 18.6 Å². The Morgan fingerprint density at radius 2 is 1.25 bits per heavy atom. The molecule has 0 saturated carbocycles. The van der Waals surface area contributed by atoms with Gasteiger partial charge >= 0.3 is 0 Å². The molecular formula is C28H24Cl2N2O3S. The fraction of sp³-hybridized carbons (Fsp3) is 0.107. The molecule has 4 rings (SSSR count). The predicted molar refractivity (Wildman–Crippen MR) is 145 cm³/mol. The summed E-state index contributed by atoms with van der Waals surface area (Å²) in [5.74, 6) is -0.199. The maximum Gasteiger partial charge on any atom is 0.255 e. The smallest absolute Gasteiger partial charge is 0.255 e. The summed E-state index contributed by atoms with van der Waals surface area (Å²) in [6.45, 7) is 2.18. The highest BCUT2D eigenvalue weighted by Crippen LogP contribution is 2.24. The third-order valence-electron chi connectivity index (χ3n) is 5.68. The second kappa shape index (κ2) is 11.3. The van der Waals surface area contributed by atoms with Gasteiger partial charge in [0.25, 0.3) is 5.91 Å². The number of halogens is 2. The van der Waals surface area contributed by atoms with Crippen LogP contribution in [0.15, 0.2) is 102 Å². The largest absolute Gasteiger partial charge is 0.322 e. The molecule has 0 aliphatic heterocycles. The van der Waals surface area contributed by atoms with Gasteiger partial charge in [0.15, 0.2) is 0 Å². The summed E-state index contributed by atoms with van der Waals surface area (Å²) in [4.78, 5) is 12.8. The molecule has 4 aromatic carbocycles. The summed E-state index contributed by atoms with van der Waals surface area (Å²) in [6, 6.07) is 27.7. The molecule has 5 nitrogen and oxygen atoms in total. The highest BCUT2D eigenvalue weighted by atomic mass is 35.5. The maximum absolute atomic E-state index is 13.5. The van der Waals surface area contributed by atoms with Crippen LogP contribution in [0.2, 0.25) is 10.0 Å². The van der Waals surface area contributed by atoms with Crippen molar-refractivity contribution in [3.63, 3.8) is 0 Å². The lowest BCUT2D eigenvalue weighted by atomic mass is 10.1. The van der Waals surface area contributed by atoms with E-state index in [1.54, 1.807) is 66.7 Å². The van der Waals surface area contributed by atoms with Gasteiger partial charge in [0.1, 0.15) is 0 Å². The van der Waals surface area contributed by atoms with E-state index in [0.29, 0.717) is 21.3 Å². The highest BCUT2D eigenvalue weighted by molar-refractivity contribution is 7.89. The Morgan fingerprint density at radius 3 is 1.81 bits per heavy atom. The Hall–Kier alpha value is -3.16. The van der Waals surface area contributed by atoms with Gasteiger partial charge in [-0.05, 0) is 78.2 Å². The minimum atomic E-state index is -3.82. The van der Waals surface area contributed by atoms with Gasteiger partial charge in [-0.1, -0.05) is 65.7 Å². The molecule has 0 atom stereocenters. The zero-order valence-corrected chi connectivity index (χ0v) is 21.8. The van der Waals surface area contributed by atoms with Crippen LogP contribution in [0.25, 0.3) is 0 Å². The molecule has 0 fully saturated rings. The van der Waals surface area contributed by atoms with E-state index < -0.39 is 10.0 Å². The van der Waals surface area contributed by atoms with Gasteiger partial charge in [0, 0.05) is 34.4 Å². The number of benzene rings is 4. The quantitative estimate of drug-likeness (QED) is 0.264. The van der Waals surface area contributed by atoms with Crippen molar-refractivity contribution in [2.75, 3.05) is 5.32 Å². The van der Waals surface area contributed by atoms with Crippen LogP contribution in [-0.2, 0) is 23.1 Å². The van der Waals surface area contributed by atoms with Crippen molar-refractivity contribution < 1.29 is 13.2 Å². The number of sulfonamides is 1. The topological polar surface area (TPSA) is 66.5 Å². The second-order valence-electron chi connectivity index (χ2n) is 8.32. The van der Waals surface area contributed by atoms with Gasteiger partial charge in [-0.2, -0.15) is 4.31 Å². The van der Waals surface area contributed by atoms with Crippen LogP contribution in [0, 0.1) is 6.92 Å². The van der Waals surface area contributed by atoms with Crippen LogP contribution < -0.4 is 5.32 Å². The van der Waals surface area contributed by atoms with Crippen molar-refractivity contribution in [3.8, 4) is 0 Å². The summed E-state index contributed by atoms with van der Waals surface area (Å²) < 4.78 is 28.4. The zero-order chi connectivity index (χ0) is 25.7. The minimum Gasteiger partial charge on any atom is -0.322 e.